The van der Waals surface area contributed by atoms with Crippen molar-refractivity contribution in [2.24, 2.45) is 0 Å². The average molecular weight is 174 g/mol. The van der Waals surface area contributed by atoms with Gasteiger partial charge in [0.1, 0.15) is 0 Å². The SMILES string of the molecule is [SiH3]CC[SiH2]C1CCCCO1. The lowest BCUT2D eigenvalue weighted by atomic mass is 10.2. The van der Waals surface area contributed by atoms with Crippen LogP contribution < -0.4 is 0 Å². The summed E-state index contributed by atoms with van der Waals surface area (Å²) in [6.07, 6.45) is 4.12. The summed E-state index contributed by atoms with van der Waals surface area (Å²) in [5, 5.41) is 0. The average Bonchev–Trinajstić information content (AvgIpc) is 2.03. The van der Waals surface area contributed by atoms with Gasteiger partial charge >= 0.3 is 0 Å². The van der Waals surface area contributed by atoms with Crippen LogP contribution in [-0.2, 0) is 4.74 Å². The second-order valence-corrected chi connectivity index (χ2v) is 6.33. The lowest BCUT2D eigenvalue weighted by Gasteiger charge is -2.21. The summed E-state index contributed by atoms with van der Waals surface area (Å²) in [6.45, 7) is 1.05. The third-order valence-corrected chi connectivity index (χ3v) is 6.68. The molecule has 0 amide bonds. The Morgan fingerprint density at radius 3 is 3.00 bits per heavy atom. The molecule has 1 nitrogen and oxygen atoms in total. The first kappa shape index (κ1) is 8.49. The van der Waals surface area contributed by atoms with Crippen molar-refractivity contribution in [3.05, 3.63) is 0 Å². The second kappa shape index (κ2) is 5.10. The van der Waals surface area contributed by atoms with Crippen molar-refractivity contribution in [1.82, 2.24) is 0 Å². The molecule has 3 heteroatoms. The van der Waals surface area contributed by atoms with E-state index in [1.54, 1.807) is 0 Å². The van der Waals surface area contributed by atoms with Crippen molar-refractivity contribution in [3.63, 3.8) is 0 Å². The quantitative estimate of drug-likeness (QED) is 0.542. The summed E-state index contributed by atoms with van der Waals surface area (Å²) in [7, 11) is 1.58. The summed E-state index contributed by atoms with van der Waals surface area (Å²) < 4.78 is 5.66. The van der Waals surface area contributed by atoms with Crippen LogP contribution in [0.4, 0.5) is 0 Å². The first-order valence-electron chi connectivity index (χ1n) is 4.55. The van der Waals surface area contributed by atoms with Gasteiger partial charge in [0.2, 0.25) is 0 Å². The normalized spacial score (nSPS) is 28.2. The van der Waals surface area contributed by atoms with Crippen molar-refractivity contribution >= 4 is 19.8 Å². The molecule has 0 radical (unpaired) electrons. The summed E-state index contributed by atoms with van der Waals surface area (Å²) in [5.74, 6) is 0. The highest BCUT2D eigenvalue weighted by Crippen LogP contribution is 2.12. The van der Waals surface area contributed by atoms with E-state index < -0.39 is 0 Å². The topological polar surface area (TPSA) is 9.23 Å². The molecule has 1 aliphatic rings. The minimum absolute atomic E-state index is 0.178. The van der Waals surface area contributed by atoms with Crippen LogP contribution in [0.15, 0.2) is 0 Å². The summed E-state index contributed by atoms with van der Waals surface area (Å²) in [5.41, 5.74) is 0.766. The molecule has 0 saturated carbocycles. The van der Waals surface area contributed by atoms with E-state index in [2.05, 4.69) is 0 Å². The Hall–Kier alpha value is 0.394. The molecule has 60 valence electrons. The zero-order valence-electron chi connectivity index (χ0n) is 6.94. The Balaban J connectivity index is 2.02. The molecule has 1 atom stereocenters. The molecular formula is C7H18OSi2. The molecule has 0 aliphatic carbocycles. The number of hydrogen-bond donors (Lipinski definition) is 0. The first-order valence-corrected chi connectivity index (χ1v) is 7.78. The molecule has 1 fully saturated rings. The van der Waals surface area contributed by atoms with Crippen LogP contribution >= 0.6 is 0 Å². The molecule has 1 unspecified atom stereocenters. The Bertz CT molecular complexity index is 81.7. The molecule has 1 aliphatic heterocycles. The first-order chi connectivity index (χ1) is 4.93. The van der Waals surface area contributed by atoms with Crippen molar-refractivity contribution in [1.29, 1.82) is 0 Å². The maximum absolute atomic E-state index is 5.66. The zero-order valence-corrected chi connectivity index (χ0v) is 10.3. The van der Waals surface area contributed by atoms with Crippen LogP contribution in [0, 0.1) is 0 Å². The van der Waals surface area contributed by atoms with Gasteiger partial charge < -0.3 is 4.74 Å². The van der Waals surface area contributed by atoms with Gasteiger partial charge in [0.15, 0.2) is 0 Å². The van der Waals surface area contributed by atoms with Gasteiger partial charge in [-0.05, 0) is 19.3 Å². The Morgan fingerprint density at radius 2 is 2.40 bits per heavy atom. The molecular weight excluding hydrogens is 156 g/mol. The fourth-order valence-electron chi connectivity index (χ4n) is 1.47. The molecule has 0 spiro atoms. The van der Waals surface area contributed by atoms with E-state index in [0.717, 1.165) is 12.3 Å². The summed E-state index contributed by atoms with van der Waals surface area (Å²) >= 11 is 0. The molecule has 0 aromatic rings. The Labute approximate surface area is 68.8 Å². The Kier molecular flexibility index (Phi) is 4.33. The number of ether oxygens (including phenoxy) is 1. The van der Waals surface area contributed by atoms with E-state index in [1.807, 2.05) is 0 Å². The number of hydrogen-bond acceptors (Lipinski definition) is 1. The van der Waals surface area contributed by atoms with Gasteiger partial charge in [-0.2, -0.15) is 0 Å². The summed E-state index contributed by atoms with van der Waals surface area (Å²) in [4.78, 5) is 0. The maximum Gasteiger partial charge on any atom is 0.0552 e. The predicted octanol–water partition coefficient (Wildman–Crippen LogP) is -0.116. The molecule has 10 heavy (non-hydrogen) atoms. The lowest BCUT2D eigenvalue weighted by Crippen LogP contribution is -2.25. The smallest absolute Gasteiger partial charge is 0.0552 e. The summed E-state index contributed by atoms with van der Waals surface area (Å²) in [6, 6.07) is 3.04. The van der Waals surface area contributed by atoms with Crippen molar-refractivity contribution in [2.75, 3.05) is 6.61 Å². The highest BCUT2D eigenvalue weighted by atomic mass is 28.2. The highest BCUT2D eigenvalue weighted by molar-refractivity contribution is 6.38. The molecule has 0 N–H and O–H groups in total. The largest absolute Gasteiger partial charge is 0.382 e. The fourth-order valence-corrected chi connectivity index (χ4v) is 4.47. The standard InChI is InChI=1S/C7H18OSi2/c9-5-6-10-7-3-1-2-4-8-7/h7H,1-6,10H2,9H3. The minimum atomic E-state index is 0.178. The van der Waals surface area contributed by atoms with Gasteiger partial charge in [-0.3, -0.25) is 0 Å². The Morgan fingerprint density at radius 1 is 1.50 bits per heavy atom. The van der Waals surface area contributed by atoms with Gasteiger partial charge in [0, 0.05) is 22.6 Å². The van der Waals surface area contributed by atoms with Gasteiger partial charge in [-0.1, -0.05) is 12.1 Å². The highest BCUT2D eigenvalue weighted by Gasteiger charge is 2.12. The lowest BCUT2D eigenvalue weighted by molar-refractivity contribution is 0.0651. The zero-order chi connectivity index (χ0) is 7.23. The van der Waals surface area contributed by atoms with Crippen molar-refractivity contribution < 1.29 is 4.74 Å². The molecule has 0 aromatic carbocycles. The van der Waals surface area contributed by atoms with E-state index in [1.165, 1.54) is 41.6 Å². The van der Waals surface area contributed by atoms with Crippen LogP contribution in [0.1, 0.15) is 19.3 Å². The third-order valence-electron chi connectivity index (χ3n) is 2.15. The molecule has 1 rings (SSSR count). The van der Waals surface area contributed by atoms with Crippen LogP contribution in [0.2, 0.25) is 12.1 Å². The van der Waals surface area contributed by atoms with E-state index in [-0.39, 0.29) is 9.52 Å². The van der Waals surface area contributed by atoms with E-state index >= 15 is 0 Å². The van der Waals surface area contributed by atoms with Gasteiger partial charge in [0.05, 0.1) is 9.52 Å². The van der Waals surface area contributed by atoms with Gasteiger partial charge in [-0.25, -0.2) is 0 Å². The predicted molar refractivity (Wildman–Crippen MR) is 51.7 cm³/mol. The minimum Gasteiger partial charge on any atom is -0.382 e. The molecule has 1 saturated heterocycles. The van der Waals surface area contributed by atoms with Crippen LogP contribution in [0.25, 0.3) is 0 Å². The van der Waals surface area contributed by atoms with Gasteiger partial charge in [0.25, 0.3) is 0 Å². The van der Waals surface area contributed by atoms with E-state index in [9.17, 15) is 0 Å². The van der Waals surface area contributed by atoms with Crippen molar-refractivity contribution in [3.8, 4) is 0 Å². The molecule has 0 bridgehead atoms. The molecule has 0 aromatic heterocycles. The van der Waals surface area contributed by atoms with Crippen LogP contribution in [0.5, 0.6) is 0 Å². The van der Waals surface area contributed by atoms with Gasteiger partial charge in [-0.15, -0.1) is 0 Å². The van der Waals surface area contributed by atoms with Crippen LogP contribution in [-0.4, -0.2) is 32.1 Å². The third kappa shape index (κ3) is 2.99. The van der Waals surface area contributed by atoms with E-state index in [0.29, 0.717) is 0 Å². The van der Waals surface area contributed by atoms with Crippen LogP contribution in [0.3, 0.4) is 0 Å². The van der Waals surface area contributed by atoms with E-state index in [4.69, 9.17) is 4.74 Å². The monoisotopic (exact) mass is 174 g/mol. The number of rotatable bonds is 3. The second-order valence-electron chi connectivity index (χ2n) is 3.13. The molecule has 1 heterocycles. The maximum atomic E-state index is 5.66. The van der Waals surface area contributed by atoms with Crippen molar-refractivity contribution in [2.45, 2.75) is 37.1 Å². The fraction of sp³-hybridized carbons (Fsp3) is 1.00.